The van der Waals surface area contributed by atoms with Crippen molar-refractivity contribution in [3.05, 3.63) is 35.4 Å². The summed E-state index contributed by atoms with van der Waals surface area (Å²) in [5.41, 5.74) is 1.94. The Morgan fingerprint density at radius 3 is 2.63 bits per heavy atom. The van der Waals surface area contributed by atoms with Crippen LogP contribution in [0.15, 0.2) is 24.3 Å². The van der Waals surface area contributed by atoms with Crippen LogP contribution in [0.4, 0.5) is 0 Å². The molecule has 0 radical (unpaired) electrons. The average molecular weight is 279 g/mol. The van der Waals surface area contributed by atoms with Gasteiger partial charge < -0.3 is 0 Å². The monoisotopic (exact) mass is 279 g/mol. The molecule has 1 aromatic rings. The Balaban J connectivity index is 1.68. The van der Waals surface area contributed by atoms with Crippen molar-refractivity contribution in [3.63, 3.8) is 0 Å². The minimum atomic E-state index is -3.21. The fraction of sp³-hybridized carbons (Fsp3) is 0.600. The quantitative estimate of drug-likeness (QED) is 0.921. The summed E-state index contributed by atoms with van der Waals surface area (Å²) in [6.45, 7) is 1.96. The maximum atomic E-state index is 12.3. The molecule has 3 nitrogen and oxygen atoms in total. The Bertz CT molecular complexity index is 567. The first-order valence-corrected chi connectivity index (χ1v) is 8.73. The highest BCUT2D eigenvalue weighted by Crippen LogP contribution is 2.44. The van der Waals surface area contributed by atoms with Crippen LogP contribution in [0.2, 0.25) is 0 Å². The second-order valence-corrected chi connectivity index (χ2v) is 7.84. The minimum Gasteiger partial charge on any atom is -0.212 e. The second kappa shape index (κ2) is 4.91. The van der Waals surface area contributed by atoms with E-state index in [0.717, 1.165) is 23.5 Å². The molecular formula is C15H21NO2S. The van der Waals surface area contributed by atoms with Crippen LogP contribution in [-0.4, -0.2) is 14.5 Å². The van der Waals surface area contributed by atoms with E-state index in [1.807, 2.05) is 31.2 Å². The van der Waals surface area contributed by atoms with Crippen LogP contribution in [0.3, 0.4) is 0 Å². The number of hydrogen-bond acceptors (Lipinski definition) is 2. The highest BCUT2D eigenvalue weighted by molar-refractivity contribution is 7.88. The van der Waals surface area contributed by atoms with E-state index in [1.54, 1.807) is 0 Å². The number of aryl methyl sites for hydroxylation is 1. The van der Waals surface area contributed by atoms with E-state index in [-0.39, 0.29) is 11.8 Å². The smallest absolute Gasteiger partial charge is 0.212 e. The zero-order chi connectivity index (χ0) is 13.5. The molecule has 3 rings (SSSR count). The lowest BCUT2D eigenvalue weighted by molar-refractivity contribution is 0.390. The molecule has 0 saturated heterocycles. The molecule has 0 spiro atoms. The number of nitrogens with one attached hydrogen (secondary N) is 1. The maximum Gasteiger partial charge on any atom is 0.216 e. The van der Waals surface area contributed by atoms with Gasteiger partial charge in [-0.1, -0.05) is 30.7 Å². The van der Waals surface area contributed by atoms with Crippen molar-refractivity contribution in [2.24, 2.45) is 11.8 Å². The van der Waals surface area contributed by atoms with Gasteiger partial charge in [-0.05, 0) is 49.1 Å². The molecule has 2 bridgehead atoms. The molecule has 3 atom stereocenters. The summed E-state index contributed by atoms with van der Waals surface area (Å²) in [5, 5.41) is 0. The lowest BCUT2D eigenvalue weighted by Gasteiger charge is -2.22. The first-order valence-electron chi connectivity index (χ1n) is 7.08. The number of benzene rings is 1. The van der Waals surface area contributed by atoms with Gasteiger partial charge in [-0.2, -0.15) is 0 Å². The molecular weight excluding hydrogens is 258 g/mol. The zero-order valence-electron chi connectivity index (χ0n) is 11.3. The number of fused-ring (bicyclic) bond motifs is 2. The fourth-order valence-corrected chi connectivity index (χ4v) is 5.20. The van der Waals surface area contributed by atoms with Gasteiger partial charge in [-0.3, -0.25) is 0 Å². The lowest BCUT2D eigenvalue weighted by atomic mass is 9.96. The molecule has 1 N–H and O–H groups in total. The van der Waals surface area contributed by atoms with Crippen molar-refractivity contribution >= 4 is 10.0 Å². The molecule has 0 aliphatic heterocycles. The summed E-state index contributed by atoms with van der Waals surface area (Å²) < 4.78 is 27.5. The largest absolute Gasteiger partial charge is 0.216 e. The van der Waals surface area contributed by atoms with Crippen molar-refractivity contribution < 1.29 is 8.42 Å². The van der Waals surface area contributed by atoms with E-state index in [0.29, 0.717) is 5.92 Å². The fourth-order valence-electron chi connectivity index (χ4n) is 3.64. The van der Waals surface area contributed by atoms with Crippen LogP contribution in [0, 0.1) is 18.8 Å². The Morgan fingerprint density at radius 1 is 1.21 bits per heavy atom. The molecule has 0 heterocycles. The normalized spacial score (nSPS) is 29.8. The van der Waals surface area contributed by atoms with E-state index >= 15 is 0 Å². The predicted molar refractivity (Wildman–Crippen MR) is 76.2 cm³/mol. The number of hydrogen-bond donors (Lipinski definition) is 1. The van der Waals surface area contributed by atoms with Crippen molar-refractivity contribution in [3.8, 4) is 0 Å². The summed E-state index contributed by atoms with van der Waals surface area (Å²) >= 11 is 0. The van der Waals surface area contributed by atoms with Gasteiger partial charge in [0.2, 0.25) is 10.0 Å². The Morgan fingerprint density at radius 2 is 2.00 bits per heavy atom. The van der Waals surface area contributed by atoms with Crippen LogP contribution in [-0.2, 0) is 15.8 Å². The van der Waals surface area contributed by atoms with Gasteiger partial charge in [0.1, 0.15) is 0 Å². The molecule has 2 saturated carbocycles. The van der Waals surface area contributed by atoms with Crippen molar-refractivity contribution in [1.29, 1.82) is 0 Å². The topological polar surface area (TPSA) is 46.2 Å². The van der Waals surface area contributed by atoms with Gasteiger partial charge in [0.05, 0.1) is 5.75 Å². The molecule has 2 aliphatic rings. The average Bonchev–Trinajstić information content (AvgIpc) is 2.93. The van der Waals surface area contributed by atoms with Crippen molar-refractivity contribution in [2.75, 3.05) is 0 Å². The summed E-state index contributed by atoms with van der Waals surface area (Å²) in [5.74, 6) is 1.45. The van der Waals surface area contributed by atoms with Gasteiger partial charge in [0, 0.05) is 6.04 Å². The maximum absolute atomic E-state index is 12.3. The van der Waals surface area contributed by atoms with Gasteiger partial charge >= 0.3 is 0 Å². The summed E-state index contributed by atoms with van der Waals surface area (Å²) in [6.07, 6.45) is 4.75. The van der Waals surface area contributed by atoms with E-state index < -0.39 is 10.0 Å². The summed E-state index contributed by atoms with van der Waals surface area (Å²) in [4.78, 5) is 0. The van der Waals surface area contributed by atoms with Crippen LogP contribution < -0.4 is 4.72 Å². The first kappa shape index (κ1) is 13.1. The van der Waals surface area contributed by atoms with E-state index in [4.69, 9.17) is 0 Å². The molecule has 2 aliphatic carbocycles. The molecule has 1 aromatic carbocycles. The Labute approximate surface area is 115 Å². The van der Waals surface area contributed by atoms with E-state index in [9.17, 15) is 8.42 Å². The Hall–Kier alpha value is -0.870. The molecule has 0 aromatic heterocycles. The second-order valence-electron chi connectivity index (χ2n) is 6.08. The molecule has 19 heavy (non-hydrogen) atoms. The zero-order valence-corrected chi connectivity index (χ0v) is 12.1. The van der Waals surface area contributed by atoms with Crippen LogP contribution in [0.1, 0.15) is 36.8 Å². The van der Waals surface area contributed by atoms with Gasteiger partial charge in [0.15, 0.2) is 0 Å². The molecule has 0 amide bonds. The standard InChI is InChI=1S/C15H21NO2S/c1-11-4-2-3-5-14(11)10-19(17,18)16-15-9-12-6-7-13(15)8-12/h2-5,12-13,15-16H,6-10H2,1H3/t12-,13-,15+/m1/s1. The molecule has 104 valence electrons. The van der Waals surface area contributed by atoms with Crippen LogP contribution in [0.25, 0.3) is 0 Å². The molecule has 2 fully saturated rings. The van der Waals surface area contributed by atoms with Gasteiger partial charge in [-0.15, -0.1) is 0 Å². The third-order valence-corrected chi connectivity index (χ3v) is 6.03. The van der Waals surface area contributed by atoms with Crippen LogP contribution >= 0.6 is 0 Å². The first-order chi connectivity index (χ1) is 9.03. The van der Waals surface area contributed by atoms with Crippen LogP contribution in [0.5, 0.6) is 0 Å². The van der Waals surface area contributed by atoms with Gasteiger partial charge in [0.25, 0.3) is 0 Å². The number of rotatable bonds is 4. The highest BCUT2D eigenvalue weighted by Gasteiger charge is 2.41. The Kier molecular flexibility index (Phi) is 3.39. The predicted octanol–water partition coefficient (Wildman–Crippen LogP) is 2.60. The van der Waals surface area contributed by atoms with Gasteiger partial charge in [-0.25, -0.2) is 13.1 Å². The SMILES string of the molecule is Cc1ccccc1CS(=O)(=O)N[C@H]1C[C@@H]2CC[C@@H]1C2. The third kappa shape index (κ3) is 2.84. The highest BCUT2D eigenvalue weighted by atomic mass is 32.2. The lowest BCUT2D eigenvalue weighted by Crippen LogP contribution is -2.39. The molecule has 0 unspecified atom stereocenters. The molecule has 4 heteroatoms. The van der Waals surface area contributed by atoms with E-state index in [2.05, 4.69) is 4.72 Å². The van der Waals surface area contributed by atoms with Crippen molar-refractivity contribution in [2.45, 2.75) is 44.4 Å². The van der Waals surface area contributed by atoms with E-state index in [1.165, 1.54) is 19.3 Å². The minimum absolute atomic E-state index is 0.105. The third-order valence-electron chi connectivity index (χ3n) is 4.68. The summed E-state index contributed by atoms with van der Waals surface area (Å²) in [7, 11) is -3.21. The number of sulfonamides is 1. The van der Waals surface area contributed by atoms with Crippen molar-refractivity contribution in [1.82, 2.24) is 4.72 Å². The summed E-state index contributed by atoms with van der Waals surface area (Å²) in [6, 6.07) is 7.88.